The zero-order valence-electron chi connectivity index (χ0n) is 14.5. The van der Waals surface area contributed by atoms with Gasteiger partial charge in [0, 0.05) is 43.8 Å². The molecule has 0 unspecified atom stereocenters. The van der Waals surface area contributed by atoms with E-state index in [-0.39, 0.29) is 12.1 Å². The SMILES string of the molecule is C[C@H](Cn1ccnc1)NC(=O)NCc1ccc(OC2CCCC2)nc1. The predicted octanol–water partition coefficient (Wildman–Crippen LogP) is 2.49. The summed E-state index contributed by atoms with van der Waals surface area (Å²) >= 11 is 0. The molecule has 3 rings (SSSR count). The summed E-state index contributed by atoms with van der Waals surface area (Å²) in [4.78, 5) is 20.3. The van der Waals surface area contributed by atoms with Gasteiger partial charge in [-0.1, -0.05) is 6.07 Å². The van der Waals surface area contributed by atoms with Crippen molar-refractivity contribution in [2.75, 3.05) is 0 Å². The van der Waals surface area contributed by atoms with Gasteiger partial charge in [-0.25, -0.2) is 14.8 Å². The van der Waals surface area contributed by atoms with Crippen LogP contribution in [0.15, 0.2) is 37.1 Å². The Hall–Kier alpha value is -2.57. The number of nitrogens with zero attached hydrogens (tertiary/aromatic N) is 3. The number of amides is 2. The number of carbonyl (C=O) groups excluding carboxylic acids is 1. The van der Waals surface area contributed by atoms with E-state index in [0.717, 1.165) is 18.4 Å². The monoisotopic (exact) mass is 343 g/mol. The van der Waals surface area contributed by atoms with E-state index in [1.807, 2.05) is 29.8 Å². The quantitative estimate of drug-likeness (QED) is 0.809. The van der Waals surface area contributed by atoms with Crippen LogP contribution in [0.2, 0.25) is 0 Å². The number of imidazole rings is 1. The lowest BCUT2D eigenvalue weighted by molar-refractivity contribution is 0.201. The third kappa shape index (κ3) is 5.48. The highest BCUT2D eigenvalue weighted by Gasteiger charge is 2.16. The highest BCUT2D eigenvalue weighted by Crippen LogP contribution is 2.22. The molecule has 25 heavy (non-hydrogen) atoms. The van der Waals surface area contributed by atoms with E-state index in [2.05, 4.69) is 20.6 Å². The third-order valence-electron chi connectivity index (χ3n) is 4.26. The molecular weight excluding hydrogens is 318 g/mol. The van der Waals surface area contributed by atoms with Gasteiger partial charge >= 0.3 is 6.03 Å². The third-order valence-corrected chi connectivity index (χ3v) is 4.26. The molecule has 1 aliphatic carbocycles. The van der Waals surface area contributed by atoms with Gasteiger partial charge in [0.1, 0.15) is 6.10 Å². The number of rotatable bonds is 7. The molecule has 1 saturated carbocycles. The van der Waals surface area contributed by atoms with E-state index < -0.39 is 0 Å². The maximum atomic E-state index is 12.0. The number of urea groups is 1. The fourth-order valence-corrected chi connectivity index (χ4v) is 2.98. The molecule has 2 heterocycles. The number of hydrogen-bond acceptors (Lipinski definition) is 4. The zero-order chi connectivity index (χ0) is 17.5. The normalized spacial score (nSPS) is 15.7. The topological polar surface area (TPSA) is 81.1 Å². The summed E-state index contributed by atoms with van der Waals surface area (Å²) in [6, 6.07) is 3.62. The second-order valence-corrected chi connectivity index (χ2v) is 6.52. The minimum atomic E-state index is -0.195. The first-order valence-corrected chi connectivity index (χ1v) is 8.81. The van der Waals surface area contributed by atoms with Crippen molar-refractivity contribution in [1.82, 2.24) is 25.2 Å². The van der Waals surface area contributed by atoms with Crippen LogP contribution < -0.4 is 15.4 Å². The Balaban J connectivity index is 1.39. The maximum Gasteiger partial charge on any atom is 0.315 e. The first-order valence-electron chi connectivity index (χ1n) is 8.81. The summed E-state index contributed by atoms with van der Waals surface area (Å²) in [5.74, 6) is 0.661. The molecule has 7 heteroatoms. The number of hydrogen-bond donors (Lipinski definition) is 2. The largest absolute Gasteiger partial charge is 0.474 e. The lowest BCUT2D eigenvalue weighted by atomic mass is 10.3. The molecule has 2 amide bonds. The van der Waals surface area contributed by atoms with Gasteiger partial charge in [-0.3, -0.25) is 0 Å². The van der Waals surface area contributed by atoms with Crippen molar-refractivity contribution in [1.29, 1.82) is 0 Å². The summed E-state index contributed by atoms with van der Waals surface area (Å²) in [6.07, 6.45) is 12.1. The van der Waals surface area contributed by atoms with Crippen LogP contribution in [0.5, 0.6) is 5.88 Å². The second-order valence-electron chi connectivity index (χ2n) is 6.52. The van der Waals surface area contributed by atoms with E-state index in [4.69, 9.17) is 4.74 Å². The van der Waals surface area contributed by atoms with Crippen molar-refractivity contribution in [3.05, 3.63) is 42.6 Å². The number of ether oxygens (including phenoxy) is 1. The molecule has 0 bridgehead atoms. The lowest BCUT2D eigenvalue weighted by Crippen LogP contribution is -2.42. The Morgan fingerprint density at radius 2 is 2.24 bits per heavy atom. The molecule has 7 nitrogen and oxygen atoms in total. The van der Waals surface area contributed by atoms with Gasteiger partial charge in [-0.15, -0.1) is 0 Å². The van der Waals surface area contributed by atoms with Gasteiger partial charge < -0.3 is 19.9 Å². The van der Waals surface area contributed by atoms with Crippen molar-refractivity contribution in [2.45, 2.75) is 57.8 Å². The van der Waals surface area contributed by atoms with Crippen LogP contribution in [0.1, 0.15) is 38.2 Å². The molecule has 2 aromatic heterocycles. The van der Waals surface area contributed by atoms with Crippen LogP contribution in [0.4, 0.5) is 4.79 Å². The molecule has 1 aliphatic rings. The Labute approximate surface area is 147 Å². The van der Waals surface area contributed by atoms with Crippen molar-refractivity contribution in [3.63, 3.8) is 0 Å². The average Bonchev–Trinajstić information content (AvgIpc) is 3.28. The van der Waals surface area contributed by atoms with E-state index in [1.165, 1.54) is 12.8 Å². The van der Waals surface area contributed by atoms with E-state index >= 15 is 0 Å². The molecule has 1 fully saturated rings. The number of pyridine rings is 1. The van der Waals surface area contributed by atoms with Crippen LogP contribution in [0.25, 0.3) is 0 Å². The molecule has 2 N–H and O–H groups in total. The molecule has 0 spiro atoms. The fourth-order valence-electron chi connectivity index (χ4n) is 2.98. The van der Waals surface area contributed by atoms with Gasteiger partial charge in [0.15, 0.2) is 0 Å². The van der Waals surface area contributed by atoms with Gasteiger partial charge in [-0.05, 0) is 38.2 Å². The van der Waals surface area contributed by atoms with E-state index in [1.54, 1.807) is 18.7 Å². The predicted molar refractivity (Wildman–Crippen MR) is 94.2 cm³/mol. The number of carbonyl (C=O) groups is 1. The Morgan fingerprint density at radius 3 is 2.92 bits per heavy atom. The Morgan fingerprint density at radius 1 is 1.40 bits per heavy atom. The van der Waals surface area contributed by atoms with E-state index in [9.17, 15) is 4.79 Å². The summed E-state index contributed by atoms with van der Waals surface area (Å²) < 4.78 is 7.77. The maximum absolute atomic E-state index is 12.0. The first kappa shape index (κ1) is 17.3. The first-order chi connectivity index (χ1) is 12.2. The van der Waals surface area contributed by atoms with Gasteiger partial charge in [0.05, 0.1) is 6.33 Å². The molecule has 0 aromatic carbocycles. The molecular formula is C18H25N5O2. The number of aromatic nitrogens is 3. The van der Waals surface area contributed by atoms with Crippen molar-refractivity contribution >= 4 is 6.03 Å². The van der Waals surface area contributed by atoms with Gasteiger partial charge in [0.25, 0.3) is 0 Å². The highest BCUT2D eigenvalue weighted by atomic mass is 16.5. The lowest BCUT2D eigenvalue weighted by Gasteiger charge is -2.15. The molecule has 134 valence electrons. The van der Waals surface area contributed by atoms with Crippen LogP contribution >= 0.6 is 0 Å². The van der Waals surface area contributed by atoms with E-state index in [0.29, 0.717) is 25.1 Å². The smallest absolute Gasteiger partial charge is 0.315 e. The molecule has 0 saturated heterocycles. The van der Waals surface area contributed by atoms with Crippen molar-refractivity contribution in [2.24, 2.45) is 0 Å². The summed E-state index contributed by atoms with van der Waals surface area (Å²) in [7, 11) is 0. The fraction of sp³-hybridized carbons (Fsp3) is 0.500. The van der Waals surface area contributed by atoms with Crippen LogP contribution in [0, 0.1) is 0 Å². The zero-order valence-corrected chi connectivity index (χ0v) is 14.5. The minimum absolute atomic E-state index is 0.00881. The molecule has 1 atom stereocenters. The molecule has 2 aromatic rings. The van der Waals surface area contributed by atoms with Gasteiger partial charge in [-0.2, -0.15) is 0 Å². The van der Waals surface area contributed by atoms with Crippen LogP contribution in [0.3, 0.4) is 0 Å². The Kier molecular flexibility index (Phi) is 5.87. The Bertz CT molecular complexity index is 651. The second kappa shape index (κ2) is 8.50. The van der Waals surface area contributed by atoms with Crippen molar-refractivity contribution < 1.29 is 9.53 Å². The van der Waals surface area contributed by atoms with Crippen molar-refractivity contribution in [3.8, 4) is 5.88 Å². The summed E-state index contributed by atoms with van der Waals surface area (Å²) in [5, 5.41) is 5.75. The van der Waals surface area contributed by atoms with Crippen LogP contribution in [-0.2, 0) is 13.1 Å². The molecule has 0 radical (unpaired) electrons. The highest BCUT2D eigenvalue weighted by molar-refractivity contribution is 5.74. The minimum Gasteiger partial charge on any atom is -0.474 e. The number of nitrogens with one attached hydrogen (secondary N) is 2. The van der Waals surface area contributed by atoms with Crippen LogP contribution in [-0.4, -0.2) is 32.7 Å². The summed E-state index contributed by atoms with van der Waals surface area (Å²) in [5.41, 5.74) is 0.941. The summed E-state index contributed by atoms with van der Waals surface area (Å²) in [6.45, 7) is 3.07. The standard InChI is InChI=1S/C18H25N5O2/c1-14(12-23-9-8-19-13-23)22-18(24)21-11-15-6-7-17(20-10-15)25-16-4-2-3-5-16/h6-10,13-14,16H,2-5,11-12H2,1H3,(H2,21,22,24)/t14-/m1/s1. The average molecular weight is 343 g/mol. The molecule has 0 aliphatic heterocycles. The van der Waals surface area contributed by atoms with Gasteiger partial charge in [0.2, 0.25) is 5.88 Å².